The highest BCUT2D eigenvalue weighted by molar-refractivity contribution is 7.09. The molecule has 0 aliphatic carbocycles. The van der Waals surface area contributed by atoms with E-state index in [2.05, 4.69) is 15.6 Å². The van der Waals surface area contributed by atoms with E-state index >= 15 is 0 Å². The van der Waals surface area contributed by atoms with Gasteiger partial charge in [0.25, 0.3) is 0 Å². The first-order chi connectivity index (χ1) is 9.02. The molecule has 0 aliphatic heterocycles. The molecule has 19 heavy (non-hydrogen) atoms. The first-order valence-electron chi connectivity index (χ1n) is 5.82. The lowest BCUT2D eigenvalue weighted by Crippen LogP contribution is -2.46. The molecule has 8 heteroatoms. The summed E-state index contributed by atoms with van der Waals surface area (Å²) in [5.41, 5.74) is 0.943. The number of urea groups is 1. The maximum absolute atomic E-state index is 11.4. The van der Waals surface area contributed by atoms with E-state index in [1.54, 1.807) is 0 Å². The van der Waals surface area contributed by atoms with Gasteiger partial charge in [-0.05, 0) is 6.92 Å². The van der Waals surface area contributed by atoms with E-state index in [4.69, 9.17) is 10.2 Å². The van der Waals surface area contributed by atoms with Crippen molar-refractivity contribution in [2.24, 2.45) is 0 Å². The Morgan fingerprint density at radius 3 is 2.79 bits per heavy atom. The lowest BCUT2D eigenvalue weighted by atomic mass is 10.2. The van der Waals surface area contributed by atoms with Crippen LogP contribution in [0.5, 0.6) is 0 Å². The fraction of sp³-hybridized carbons (Fsp3) is 0.545. The van der Waals surface area contributed by atoms with Crippen molar-refractivity contribution in [3.05, 3.63) is 16.1 Å². The van der Waals surface area contributed by atoms with E-state index in [1.165, 1.54) is 11.3 Å². The zero-order chi connectivity index (χ0) is 14.3. The number of aromatic nitrogens is 1. The molecule has 1 rings (SSSR count). The van der Waals surface area contributed by atoms with Crippen molar-refractivity contribution >= 4 is 23.3 Å². The lowest BCUT2D eigenvalue weighted by Gasteiger charge is -2.13. The standard InChI is InChI=1S/C11H17N3O4S/c1-7-6-19-9(13-7)2-4-12-11(18)14-8(3-5-15)10(16)17/h6,8,15H,2-5H2,1H3,(H,16,17)(H2,12,14,18)/t8-/m1/s1. The van der Waals surface area contributed by atoms with Gasteiger partial charge in [-0.1, -0.05) is 0 Å². The maximum Gasteiger partial charge on any atom is 0.326 e. The molecule has 1 aromatic heterocycles. The van der Waals surface area contributed by atoms with Gasteiger partial charge in [0.2, 0.25) is 0 Å². The van der Waals surface area contributed by atoms with Crippen LogP contribution in [0.15, 0.2) is 5.38 Å². The summed E-state index contributed by atoms with van der Waals surface area (Å²) in [6.45, 7) is 1.98. The summed E-state index contributed by atoms with van der Waals surface area (Å²) in [4.78, 5) is 26.5. The number of nitrogens with one attached hydrogen (secondary N) is 2. The molecular weight excluding hydrogens is 270 g/mol. The summed E-state index contributed by atoms with van der Waals surface area (Å²) in [6, 6.07) is -1.64. The molecule has 0 aromatic carbocycles. The molecule has 0 radical (unpaired) electrons. The predicted molar refractivity (Wildman–Crippen MR) is 70.2 cm³/mol. The summed E-state index contributed by atoms with van der Waals surface area (Å²) < 4.78 is 0. The number of thiazole rings is 1. The molecule has 0 aliphatic rings. The summed E-state index contributed by atoms with van der Waals surface area (Å²) in [5.74, 6) is -1.17. The quantitative estimate of drug-likeness (QED) is 0.569. The van der Waals surface area contributed by atoms with E-state index < -0.39 is 18.0 Å². The van der Waals surface area contributed by atoms with Crippen LogP contribution >= 0.6 is 11.3 Å². The molecule has 1 aromatic rings. The highest BCUT2D eigenvalue weighted by atomic mass is 32.1. The number of carbonyl (C=O) groups is 2. The summed E-state index contributed by atoms with van der Waals surface area (Å²) in [7, 11) is 0. The van der Waals surface area contributed by atoms with Crippen molar-refractivity contribution in [1.29, 1.82) is 0 Å². The fourth-order valence-corrected chi connectivity index (χ4v) is 2.17. The Balaban J connectivity index is 2.28. The first kappa shape index (κ1) is 15.4. The molecule has 1 atom stereocenters. The van der Waals surface area contributed by atoms with Crippen molar-refractivity contribution in [3.63, 3.8) is 0 Å². The van der Waals surface area contributed by atoms with Crippen molar-refractivity contribution in [2.45, 2.75) is 25.8 Å². The van der Waals surface area contributed by atoms with Gasteiger partial charge in [0.15, 0.2) is 0 Å². The molecule has 106 valence electrons. The van der Waals surface area contributed by atoms with Crippen LogP contribution in [0.1, 0.15) is 17.1 Å². The first-order valence-corrected chi connectivity index (χ1v) is 6.70. The SMILES string of the molecule is Cc1csc(CCNC(=O)N[C@H](CCO)C(=O)O)n1. The van der Waals surface area contributed by atoms with Crippen molar-refractivity contribution < 1.29 is 19.8 Å². The average Bonchev–Trinajstić information content (AvgIpc) is 2.74. The monoisotopic (exact) mass is 287 g/mol. The molecular formula is C11H17N3O4S. The van der Waals surface area contributed by atoms with Gasteiger partial charge in [-0.2, -0.15) is 0 Å². The largest absolute Gasteiger partial charge is 0.480 e. The zero-order valence-electron chi connectivity index (χ0n) is 10.5. The number of amides is 2. The third kappa shape index (κ3) is 5.66. The van der Waals surface area contributed by atoms with Crippen LogP contribution in [0.4, 0.5) is 4.79 Å². The predicted octanol–water partition coefficient (Wildman–Crippen LogP) is 0.129. The van der Waals surface area contributed by atoms with Gasteiger partial charge in [0, 0.05) is 37.1 Å². The topological polar surface area (TPSA) is 112 Å². The molecule has 2 amide bonds. The van der Waals surface area contributed by atoms with Gasteiger partial charge >= 0.3 is 12.0 Å². The molecule has 1 heterocycles. The highest BCUT2D eigenvalue weighted by Crippen LogP contribution is 2.08. The van der Waals surface area contributed by atoms with Crippen LogP contribution in [-0.4, -0.2) is 46.4 Å². The number of carboxylic acids is 1. The summed E-state index contributed by atoms with van der Waals surface area (Å²) in [6.07, 6.45) is 0.581. The van der Waals surface area contributed by atoms with Crippen LogP contribution < -0.4 is 10.6 Å². The molecule has 0 fully saturated rings. The number of nitrogens with zero attached hydrogens (tertiary/aromatic N) is 1. The Hall–Kier alpha value is -1.67. The molecule has 0 saturated heterocycles. The van der Waals surface area contributed by atoms with Crippen molar-refractivity contribution in [2.75, 3.05) is 13.2 Å². The van der Waals surface area contributed by atoms with Gasteiger partial charge in [-0.15, -0.1) is 11.3 Å². The zero-order valence-corrected chi connectivity index (χ0v) is 11.4. The van der Waals surface area contributed by atoms with Gasteiger partial charge in [-0.25, -0.2) is 14.6 Å². The smallest absolute Gasteiger partial charge is 0.326 e. The molecule has 4 N–H and O–H groups in total. The van der Waals surface area contributed by atoms with E-state index in [9.17, 15) is 9.59 Å². The number of aliphatic hydroxyl groups excluding tert-OH is 1. The van der Waals surface area contributed by atoms with Crippen LogP contribution in [-0.2, 0) is 11.2 Å². The van der Waals surface area contributed by atoms with Crippen LogP contribution in [0.25, 0.3) is 0 Å². The van der Waals surface area contributed by atoms with E-state index in [-0.39, 0.29) is 13.0 Å². The second-order valence-electron chi connectivity index (χ2n) is 3.94. The number of aryl methyl sites for hydroxylation is 1. The van der Waals surface area contributed by atoms with Crippen LogP contribution in [0.2, 0.25) is 0 Å². The minimum absolute atomic E-state index is 0.0194. The van der Waals surface area contributed by atoms with Crippen molar-refractivity contribution in [3.8, 4) is 0 Å². The van der Waals surface area contributed by atoms with Gasteiger partial charge in [0.05, 0.1) is 5.01 Å². The van der Waals surface area contributed by atoms with E-state index in [1.807, 2.05) is 12.3 Å². The number of hydrogen-bond acceptors (Lipinski definition) is 5. The number of aliphatic carboxylic acids is 1. The Kier molecular flexibility index (Phi) is 6.23. The number of rotatable bonds is 7. The van der Waals surface area contributed by atoms with Crippen LogP contribution in [0, 0.1) is 6.92 Å². The molecule has 0 bridgehead atoms. The van der Waals surface area contributed by atoms with Gasteiger partial charge < -0.3 is 20.8 Å². The van der Waals surface area contributed by atoms with Crippen LogP contribution in [0.3, 0.4) is 0 Å². The second kappa shape index (κ2) is 7.70. The van der Waals surface area contributed by atoms with Gasteiger partial charge in [0.1, 0.15) is 6.04 Å². The third-order valence-electron chi connectivity index (χ3n) is 2.31. The normalized spacial score (nSPS) is 11.9. The molecule has 0 unspecified atom stereocenters. The Bertz CT molecular complexity index is 435. The fourth-order valence-electron chi connectivity index (χ4n) is 1.40. The molecule has 7 nitrogen and oxygen atoms in total. The number of hydrogen-bond donors (Lipinski definition) is 4. The second-order valence-corrected chi connectivity index (χ2v) is 4.88. The minimum Gasteiger partial charge on any atom is -0.480 e. The summed E-state index contributed by atoms with van der Waals surface area (Å²) in [5, 5.41) is 25.2. The number of carboxylic acid groups (broad SMARTS) is 1. The Labute approximate surface area is 114 Å². The van der Waals surface area contributed by atoms with Gasteiger partial charge in [-0.3, -0.25) is 0 Å². The van der Waals surface area contributed by atoms with E-state index in [0.29, 0.717) is 13.0 Å². The average molecular weight is 287 g/mol. The number of carbonyl (C=O) groups excluding carboxylic acids is 1. The highest BCUT2D eigenvalue weighted by Gasteiger charge is 2.18. The maximum atomic E-state index is 11.4. The minimum atomic E-state index is -1.17. The Morgan fingerprint density at radius 2 is 2.26 bits per heavy atom. The summed E-state index contributed by atoms with van der Waals surface area (Å²) >= 11 is 1.52. The Morgan fingerprint density at radius 1 is 1.53 bits per heavy atom. The van der Waals surface area contributed by atoms with E-state index in [0.717, 1.165) is 10.7 Å². The lowest BCUT2D eigenvalue weighted by molar-refractivity contribution is -0.139. The molecule has 0 spiro atoms. The third-order valence-corrected chi connectivity index (χ3v) is 3.34. The number of aliphatic hydroxyl groups is 1. The van der Waals surface area contributed by atoms with Crippen molar-refractivity contribution in [1.82, 2.24) is 15.6 Å². The molecule has 0 saturated carbocycles.